The van der Waals surface area contributed by atoms with Crippen molar-refractivity contribution >= 4 is 11.5 Å². The molecule has 2 saturated heterocycles. The Balaban J connectivity index is 1.39. The zero-order valence-corrected chi connectivity index (χ0v) is 17.3. The van der Waals surface area contributed by atoms with Gasteiger partial charge in [-0.1, -0.05) is 19.1 Å². The number of ether oxygens (including phenoxy) is 1. The molecule has 0 spiro atoms. The first-order chi connectivity index (χ1) is 14.0. The molecule has 1 aromatic heterocycles. The largest absolute Gasteiger partial charge is 0.467 e. The number of aryl methyl sites for hydroxylation is 1. The summed E-state index contributed by atoms with van der Waals surface area (Å²) in [5.41, 5.74) is 8.67. The lowest BCUT2D eigenvalue weighted by Gasteiger charge is -2.33. The maximum Gasteiger partial charge on any atom is 0.318 e. The topological polar surface area (TPSA) is 79.5 Å². The minimum absolute atomic E-state index is 0.217. The molecule has 0 aliphatic carbocycles. The molecule has 3 heterocycles. The molecule has 156 valence electrons. The highest BCUT2D eigenvalue weighted by Crippen LogP contribution is 2.31. The van der Waals surface area contributed by atoms with Crippen LogP contribution in [0.25, 0.3) is 0 Å². The number of likely N-dealkylation sites (tertiary alicyclic amines) is 2. The zero-order chi connectivity index (χ0) is 20.5. The van der Waals surface area contributed by atoms with Gasteiger partial charge in [0.15, 0.2) is 5.82 Å². The van der Waals surface area contributed by atoms with Crippen molar-refractivity contribution in [3.8, 4) is 6.01 Å². The fraction of sp³-hybridized carbons (Fsp3) is 0.524. The molecule has 0 radical (unpaired) electrons. The number of benzene rings is 1. The molecule has 4 rings (SSSR count). The average Bonchev–Trinajstić information content (AvgIpc) is 3.30. The van der Waals surface area contributed by atoms with Crippen molar-refractivity contribution in [3.63, 3.8) is 0 Å². The number of hydrogen-bond donors (Lipinski definition) is 2. The number of aromatic nitrogens is 2. The molecule has 2 aromatic rings. The van der Waals surface area contributed by atoms with Crippen LogP contribution in [0.1, 0.15) is 30.2 Å². The molecule has 3 N–H and O–H groups in total. The van der Waals surface area contributed by atoms with Crippen molar-refractivity contribution in [1.29, 1.82) is 0 Å². The number of methoxy groups -OCH3 is 1. The number of nitrogens with two attached hydrogens (primary N) is 1. The van der Waals surface area contributed by atoms with E-state index in [2.05, 4.69) is 32.0 Å². The minimum atomic E-state index is -0.217. The highest BCUT2D eigenvalue weighted by Gasteiger charge is 2.42. The first kappa shape index (κ1) is 19.8. The maximum atomic E-state index is 14.7. The molecule has 7 nitrogen and oxygen atoms in total. The van der Waals surface area contributed by atoms with E-state index in [1.807, 2.05) is 12.1 Å². The van der Waals surface area contributed by atoms with Crippen LogP contribution in [0.3, 0.4) is 0 Å². The summed E-state index contributed by atoms with van der Waals surface area (Å²) in [5, 5.41) is 3.10. The monoisotopic (exact) mass is 400 g/mol. The second-order valence-electron chi connectivity index (χ2n) is 7.90. The number of nitrogen functional groups attached to an aromatic ring is 1. The van der Waals surface area contributed by atoms with E-state index in [9.17, 15) is 4.39 Å². The Morgan fingerprint density at radius 2 is 2.00 bits per heavy atom. The molecular formula is C21H29FN6O. The Hall–Kier alpha value is -2.45. The van der Waals surface area contributed by atoms with E-state index in [0.717, 1.165) is 31.7 Å². The second kappa shape index (κ2) is 8.12. The Bertz CT molecular complexity index is 892. The van der Waals surface area contributed by atoms with Crippen LogP contribution in [-0.2, 0) is 13.1 Å². The van der Waals surface area contributed by atoms with Gasteiger partial charge in [-0.05, 0) is 31.5 Å². The fourth-order valence-corrected chi connectivity index (χ4v) is 4.44. The molecule has 2 aliphatic heterocycles. The third kappa shape index (κ3) is 4.00. The normalized spacial score (nSPS) is 21.7. The zero-order valence-electron chi connectivity index (χ0n) is 17.3. The number of hydrogen-bond acceptors (Lipinski definition) is 7. The van der Waals surface area contributed by atoms with Crippen LogP contribution < -0.4 is 15.8 Å². The standard InChI is InChI=1S/C21H29FN6O/c1-4-27-11-17-8-16(27)12-28(17)10-14-5-6-15(18(22)7-14)9-24-20-19(23)13(2)25-21(26-20)29-3/h5-7,16-17H,4,8-12,23H2,1-3H3,(H,24,25,26)/t16-,17-/m0/s1. The lowest BCUT2D eigenvalue weighted by Crippen LogP contribution is -2.45. The summed E-state index contributed by atoms with van der Waals surface area (Å²) in [7, 11) is 1.50. The molecule has 2 aliphatic rings. The van der Waals surface area contributed by atoms with E-state index < -0.39 is 0 Å². The number of fused-ring (bicyclic) bond motifs is 2. The van der Waals surface area contributed by atoms with E-state index >= 15 is 0 Å². The van der Waals surface area contributed by atoms with Crippen molar-refractivity contribution in [2.24, 2.45) is 0 Å². The van der Waals surface area contributed by atoms with Crippen molar-refractivity contribution in [1.82, 2.24) is 19.8 Å². The number of nitrogens with zero attached hydrogens (tertiary/aromatic N) is 4. The lowest BCUT2D eigenvalue weighted by atomic mass is 10.1. The first-order valence-corrected chi connectivity index (χ1v) is 10.2. The summed E-state index contributed by atoms with van der Waals surface area (Å²) in [4.78, 5) is 13.4. The van der Waals surface area contributed by atoms with Crippen molar-refractivity contribution in [2.45, 2.75) is 45.4 Å². The molecule has 29 heavy (non-hydrogen) atoms. The van der Waals surface area contributed by atoms with Gasteiger partial charge in [0, 0.05) is 43.8 Å². The van der Waals surface area contributed by atoms with E-state index in [1.54, 1.807) is 13.0 Å². The molecule has 0 saturated carbocycles. The van der Waals surface area contributed by atoms with Gasteiger partial charge in [0.1, 0.15) is 5.82 Å². The second-order valence-corrected chi connectivity index (χ2v) is 7.90. The number of nitrogens with one attached hydrogen (secondary N) is 1. The SMILES string of the molecule is CCN1C[C@@H]2C[C@H]1CN2Cc1ccc(CNc2nc(OC)nc(C)c2N)c(F)c1. The van der Waals surface area contributed by atoms with Crippen molar-refractivity contribution < 1.29 is 9.13 Å². The summed E-state index contributed by atoms with van der Waals surface area (Å²) in [6.45, 7) is 8.43. The predicted octanol–water partition coefficient (Wildman–Crippen LogP) is 2.41. The first-order valence-electron chi connectivity index (χ1n) is 10.2. The molecule has 2 fully saturated rings. The van der Waals surface area contributed by atoms with Gasteiger partial charge in [-0.3, -0.25) is 9.80 Å². The van der Waals surface area contributed by atoms with Crippen LogP contribution >= 0.6 is 0 Å². The Morgan fingerprint density at radius 3 is 2.66 bits per heavy atom. The molecule has 2 bridgehead atoms. The fourth-order valence-electron chi connectivity index (χ4n) is 4.44. The highest BCUT2D eigenvalue weighted by atomic mass is 19.1. The summed E-state index contributed by atoms with van der Waals surface area (Å²) in [5.74, 6) is 0.234. The van der Waals surface area contributed by atoms with Gasteiger partial charge >= 0.3 is 6.01 Å². The van der Waals surface area contributed by atoms with Gasteiger partial charge in [-0.15, -0.1) is 0 Å². The summed E-state index contributed by atoms with van der Waals surface area (Å²) in [6, 6.07) is 7.00. The summed E-state index contributed by atoms with van der Waals surface area (Å²) < 4.78 is 19.8. The highest BCUT2D eigenvalue weighted by molar-refractivity contribution is 5.64. The van der Waals surface area contributed by atoms with Crippen molar-refractivity contribution in [2.75, 3.05) is 37.8 Å². The minimum Gasteiger partial charge on any atom is -0.467 e. The van der Waals surface area contributed by atoms with Crippen LogP contribution in [0.2, 0.25) is 0 Å². The van der Waals surface area contributed by atoms with Gasteiger partial charge in [0.25, 0.3) is 0 Å². The van der Waals surface area contributed by atoms with E-state index in [0.29, 0.717) is 34.8 Å². The van der Waals surface area contributed by atoms with Crippen LogP contribution in [0.5, 0.6) is 6.01 Å². The average molecular weight is 401 g/mol. The van der Waals surface area contributed by atoms with Gasteiger partial charge in [-0.25, -0.2) is 4.39 Å². The van der Waals surface area contributed by atoms with Crippen LogP contribution in [0, 0.1) is 12.7 Å². The molecule has 0 amide bonds. The van der Waals surface area contributed by atoms with Gasteiger partial charge in [-0.2, -0.15) is 9.97 Å². The molecule has 0 unspecified atom stereocenters. The van der Waals surface area contributed by atoms with Crippen LogP contribution in [0.15, 0.2) is 18.2 Å². The van der Waals surface area contributed by atoms with Crippen LogP contribution in [0.4, 0.5) is 15.9 Å². The number of anilines is 2. The molecule has 2 atom stereocenters. The molecule has 8 heteroatoms. The van der Waals surface area contributed by atoms with Gasteiger partial charge < -0.3 is 15.8 Å². The third-order valence-electron chi connectivity index (χ3n) is 6.12. The smallest absolute Gasteiger partial charge is 0.318 e. The lowest BCUT2D eigenvalue weighted by molar-refractivity contribution is 0.127. The van der Waals surface area contributed by atoms with Crippen molar-refractivity contribution in [3.05, 3.63) is 40.8 Å². The number of rotatable bonds is 7. The summed E-state index contributed by atoms with van der Waals surface area (Å²) in [6.07, 6.45) is 1.24. The molecule has 1 aromatic carbocycles. The number of halogens is 1. The van der Waals surface area contributed by atoms with E-state index in [-0.39, 0.29) is 18.4 Å². The third-order valence-corrected chi connectivity index (χ3v) is 6.12. The number of piperazine rings is 1. The summed E-state index contributed by atoms with van der Waals surface area (Å²) >= 11 is 0. The number of likely N-dealkylation sites (N-methyl/N-ethyl adjacent to an activating group) is 1. The van der Waals surface area contributed by atoms with E-state index in [4.69, 9.17) is 10.5 Å². The maximum absolute atomic E-state index is 14.7. The van der Waals surface area contributed by atoms with Crippen LogP contribution in [-0.4, -0.2) is 58.6 Å². The molecular weight excluding hydrogens is 371 g/mol. The van der Waals surface area contributed by atoms with Gasteiger partial charge in [0.05, 0.1) is 18.5 Å². The van der Waals surface area contributed by atoms with Gasteiger partial charge in [0.2, 0.25) is 0 Å². The Kier molecular flexibility index (Phi) is 5.56. The Labute approximate surface area is 171 Å². The predicted molar refractivity (Wildman–Crippen MR) is 111 cm³/mol. The van der Waals surface area contributed by atoms with E-state index in [1.165, 1.54) is 13.5 Å². The quantitative estimate of drug-likeness (QED) is 0.739. The Morgan fingerprint density at radius 1 is 1.24 bits per heavy atom.